The van der Waals surface area contributed by atoms with Gasteiger partial charge >= 0.3 is 0 Å². The van der Waals surface area contributed by atoms with E-state index in [1.54, 1.807) is 0 Å². The van der Waals surface area contributed by atoms with E-state index < -0.39 is 0 Å². The molecule has 0 aliphatic rings. The van der Waals surface area contributed by atoms with Crippen molar-refractivity contribution in [2.24, 2.45) is 0 Å². The molecular formula is C10H18. The van der Waals surface area contributed by atoms with Crippen molar-refractivity contribution >= 4 is 0 Å². The van der Waals surface area contributed by atoms with Crippen LogP contribution in [-0.2, 0) is 0 Å². The molecule has 0 aromatic heterocycles. The Kier molecular flexibility index (Phi) is 5.00. The number of allylic oxidation sites excluding steroid dienone is 3. The third-order valence-electron chi connectivity index (χ3n) is 1.70. The minimum absolute atomic E-state index is 1.20. The highest BCUT2D eigenvalue weighted by molar-refractivity contribution is 5.25. The van der Waals surface area contributed by atoms with Crippen LogP contribution in [0.15, 0.2) is 23.8 Å². The molecule has 10 heavy (non-hydrogen) atoms. The van der Waals surface area contributed by atoms with E-state index in [9.17, 15) is 0 Å². The van der Waals surface area contributed by atoms with Crippen molar-refractivity contribution in [3.63, 3.8) is 0 Å². The van der Waals surface area contributed by atoms with Crippen LogP contribution in [0.5, 0.6) is 0 Å². The molecule has 0 heteroatoms. The predicted molar refractivity (Wildman–Crippen MR) is 48.1 cm³/mol. The zero-order valence-corrected chi connectivity index (χ0v) is 7.41. The van der Waals surface area contributed by atoms with Crippen molar-refractivity contribution in [3.8, 4) is 0 Å². The smallest absolute Gasteiger partial charge is 0.0280 e. The first-order valence-corrected chi connectivity index (χ1v) is 4.03. The maximum atomic E-state index is 3.91. The van der Waals surface area contributed by atoms with Crippen molar-refractivity contribution in [2.75, 3.05) is 0 Å². The Balaban J connectivity index is 3.74. The fraction of sp³-hybridized carbons (Fsp3) is 0.600. The van der Waals surface area contributed by atoms with Crippen molar-refractivity contribution in [2.45, 2.75) is 40.0 Å². The Labute approximate surface area is 64.6 Å². The molecule has 0 bridgehead atoms. The predicted octanol–water partition coefficient (Wildman–Crippen LogP) is 3.70. The van der Waals surface area contributed by atoms with E-state index in [1.807, 2.05) is 0 Å². The highest BCUT2D eigenvalue weighted by atomic mass is 14.0. The number of hydrogen-bond acceptors (Lipinski definition) is 0. The molecule has 0 nitrogen and oxygen atoms in total. The SMILES string of the molecule is C=C(C)/C(=C/C)CCCC. The van der Waals surface area contributed by atoms with E-state index in [-0.39, 0.29) is 0 Å². The summed E-state index contributed by atoms with van der Waals surface area (Å²) in [6, 6.07) is 0. The quantitative estimate of drug-likeness (QED) is 0.520. The summed E-state index contributed by atoms with van der Waals surface area (Å²) in [4.78, 5) is 0. The van der Waals surface area contributed by atoms with Crippen LogP contribution in [0.4, 0.5) is 0 Å². The van der Waals surface area contributed by atoms with Gasteiger partial charge in [-0.2, -0.15) is 0 Å². The molecule has 0 saturated carbocycles. The molecule has 0 unspecified atom stereocenters. The van der Waals surface area contributed by atoms with Gasteiger partial charge in [0.2, 0.25) is 0 Å². The van der Waals surface area contributed by atoms with Gasteiger partial charge in [-0.3, -0.25) is 0 Å². The van der Waals surface area contributed by atoms with Gasteiger partial charge in [0.25, 0.3) is 0 Å². The lowest BCUT2D eigenvalue weighted by atomic mass is 10.0. The Morgan fingerprint density at radius 1 is 1.50 bits per heavy atom. The summed E-state index contributed by atoms with van der Waals surface area (Å²) in [5, 5.41) is 0. The van der Waals surface area contributed by atoms with E-state index in [0.717, 1.165) is 0 Å². The van der Waals surface area contributed by atoms with Crippen LogP contribution < -0.4 is 0 Å². The molecule has 0 rings (SSSR count). The van der Waals surface area contributed by atoms with Crippen LogP contribution in [0.25, 0.3) is 0 Å². The Hall–Kier alpha value is -0.520. The zero-order valence-electron chi connectivity index (χ0n) is 7.41. The van der Waals surface area contributed by atoms with Crippen LogP contribution in [0.2, 0.25) is 0 Å². The molecule has 0 amide bonds. The summed E-state index contributed by atoms with van der Waals surface area (Å²) in [6.07, 6.45) is 5.91. The maximum Gasteiger partial charge on any atom is -0.0280 e. The topological polar surface area (TPSA) is 0 Å². The average Bonchev–Trinajstić information content (AvgIpc) is 1.89. The molecule has 0 spiro atoms. The van der Waals surface area contributed by atoms with Gasteiger partial charge in [0.1, 0.15) is 0 Å². The highest BCUT2D eigenvalue weighted by Gasteiger charge is 1.94. The number of rotatable bonds is 4. The minimum Gasteiger partial charge on any atom is -0.0958 e. The maximum absolute atomic E-state index is 3.91. The van der Waals surface area contributed by atoms with Crippen molar-refractivity contribution in [1.82, 2.24) is 0 Å². The molecule has 0 aromatic rings. The second-order valence-corrected chi connectivity index (χ2v) is 2.70. The van der Waals surface area contributed by atoms with Gasteiger partial charge in [0.05, 0.1) is 0 Å². The van der Waals surface area contributed by atoms with Crippen LogP contribution in [0, 0.1) is 0 Å². The molecule has 0 atom stereocenters. The number of hydrogen-bond donors (Lipinski definition) is 0. The average molecular weight is 138 g/mol. The van der Waals surface area contributed by atoms with Crippen LogP contribution >= 0.6 is 0 Å². The van der Waals surface area contributed by atoms with Gasteiger partial charge in [-0.05, 0) is 32.3 Å². The molecule has 0 saturated heterocycles. The third-order valence-corrected chi connectivity index (χ3v) is 1.70. The lowest BCUT2D eigenvalue weighted by molar-refractivity contribution is 0.791. The zero-order chi connectivity index (χ0) is 7.98. The first-order valence-electron chi connectivity index (χ1n) is 4.03. The Morgan fingerprint density at radius 2 is 2.10 bits per heavy atom. The summed E-state index contributed by atoms with van der Waals surface area (Å²) < 4.78 is 0. The van der Waals surface area contributed by atoms with Gasteiger partial charge in [-0.1, -0.05) is 31.6 Å². The van der Waals surface area contributed by atoms with Gasteiger partial charge in [-0.25, -0.2) is 0 Å². The van der Waals surface area contributed by atoms with Gasteiger partial charge in [0, 0.05) is 0 Å². The largest absolute Gasteiger partial charge is 0.0958 e. The van der Waals surface area contributed by atoms with E-state index in [0.29, 0.717) is 0 Å². The van der Waals surface area contributed by atoms with E-state index in [1.165, 1.54) is 30.4 Å². The molecule has 0 N–H and O–H groups in total. The van der Waals surface area contributed by atoms with Crippen molar-refractivity contribution in [1.29, 1.82) is 0 Å². The lowest BCUT2D eigenvalue weighted by Gasteiger charge is -2.03. The molecule has 0 aliphatic heterocycles. The molecule has 0 fully saturated rings. The standard InChI is InChI=1S/C10H18/c1-5-7-8-10(6-2)9(3)4/h6H,3,5,7-8H2,1-2,4H3/b10-6+. The normalized spacial score (nSPS) is 11.7. The van der Waals surface area contributed by atoms with E-state index >= 15 is 0 Å². The second-order valence-electron chi connectivity index (χ2n) is 2.70. The molecular weight excluding hydrogens is 120 g/mol. The molecule has 0 aromatic carbocycles. The molecule has 0 radical (unpaired) electrons. The van der Waals surface area contributed by atoms with Crippen LogP contribution in [-0.4, -0.2) is 0 Å². The second kappa shape index (κ2) is 5.28. The Bertz CT molecular complexity index is 129. The fourth-order valence-corrected chi connectivity index (χ4v) is 0.971. The molecule has 0 aliphatic carbocycles. The van der Waals surface area contributed by atoms with Gasteiger partial charge in [-0.15, -0.1) is 0 Å². The minimum atomic E-state index is 1.20. The first kappa shape index (κ1) is 9.48. The summed E-state index contributed by atoms with van der Waals surface area (Å²) in [5.41, 5.74) is 2.64. The monoisotopic (exact) mass is 138 g/mol. The molecule has 58 valence electrons. The fourth-order valence-electron chi connectivity index (χ4n) is 0.971. The lowest BCUT2D eigenvalue weighted by Crippen LogP contribution is -1.83. The van der Waals surface area contributed by atoms with E-state index in [4.69, 9.17) is 0 Å². The van der Waals surface area contributed by atoms with Crippen molar-refractivity contribution in [3.05, 3.63) is 23.8 Å². The van der Waals surface area contributed by atoms with Crippen LogP contribution in [0.1, 0.15) is 40.0 Å². The first-order chi connectivity index (χ1) is 4.72. The van der Waals surface area contributed by atoms with Crippen molar-refractivity contribution < 1.29 is 0 Å². The van der Waals surface area contributed by atoms with Gasteiger partial charge in [0.15, 0.2) is 0 Å². The molecule has 0 heterocycles. The van der Waals surface area contributed by atoms with Gasteiger partial charge < -0.3 is 0 Å². The summed E-state index contributed by atoms with van der Waals surface area (Å²) >= 11 is 0. The highest BCUT2D eigenvalue weighted by Crippen LogP contribution is 2.14. The summed E-state index contributed by atoms with van der Waals surface area (Å²) in [6.45, 7) is 10.3. The van der Waals surface area contributed by atoms with Crippen LogP contribution in [0.3, 0.4) is 0 Å². The summed E-state index contributed by atoms with van der Waals surface area (Å²) in [5.74, 6) is 0. The Morgan fingerprint density at radius 3 is 2.40 bits per heavy atom. The summed E-state index contributed by atoms with van der Waals surface area (Å²) in [7, 11) is 0. The van der Waals surface area contributed by atoms with E-state index in [2.05, 4.69) is 33.4 Å². The number of unbranched alkanes of at least 4 members (excludes halogenated alkanes) is 1. The third kappa shape index (κ3) is 3.49.